The van der Waals surface area contributed by atoms with E-state index in [-0.39, 0.29) is 18.3 Å². The fraction of sp³-hybridized carbons (Fsp3) is 0.242. The van der Waals surface area contributed by atoms with Crippen molar-refractivity contribution in [2.24, 2.45) is 5.73 Å². The predicted octanol–water partition coefficient (Wildman–Crippen LogP) is 6.39. The molecule has 0 aliphatic rings. The fourth-order valence-corrected chi connectivity index (χ4v) is 6.07. The molecule has 4 aromatic rings. The van der Waals surface area contributed by atoms with E-state index in [9.17, 15) is 17.6 Å². The van der Waals surface area contributed by atoms with Gasteiger partial charge in [-0.25, -0.2) is 12.8 Å². The number of nitrogens with zero attached hydrogens (tertiary/aromatic N) is 1. The number of aryl methyl sites for hydroxylation is 1. The number of ether oxygens (including phenoxy) is 1. The minimum atomic E-state index is -3.92. The Labute approximate surface area is 251 Å². The van der Waals surface area contributed by atoms with Gasteiger partial charge in [0.05, 0.1) is 17.1 Å². The summed E-state index contributed by atoms with van der Waals surface area (Å²) >= 11 is 6.68. The molecule has 0 bridgehead atoms. The van der Waals surface area contributed by atoms with Gasteiger partial charge in [-0.1, -0.05) is 90.5 Å². The van der Waals surface area contributed by atoms with Gasteiger partial charge >= 0.3 is 0 Å². The van der Waals surface area contributed by atoms with Gasteiger partial charge in [-0.2, -0.15) is 0 Å². The maximum Gasteiger partial charge on any atom is 0.253 e. The quantitative estimate of drug-likeness (QED) is 0.178. The Hall–Kier alpha value is -3.72. The molecule has 1 amide bonds. The Morgan fingerprint density at radius 2 is 1.60 bits per heavy atom. The molecule has 9 heteroatoms. The van der Waals surface area contributed by atoms with Crippen molar-refractivity contribution in [2.45, 2.75) is 30.7 Å². The molecule has 0 aliphatic heterocycles. The molecular weight excluding hydrogens is 575 g/mol. The summed E-state index contributed by atoms with van der Waals surface area (Å²) in [7, 11) is -3.92. The summed E-state index contributed by atoms with van der Waals surface area (Å²) in [5.74, 6) is -2.08. The first-order chi connectivity index (χ1) is 20.0. The first-order valence-corrected chi connectivity index (χ1v) is 15.8. The number of benzene rings is 4. The van der Waals surface area contributed by atoms with Crippen LogP contribution in [0.5, 0.6) is 5.75 Å². The van der Waals surface area contributed by atoms with Crippen molar-refractivity contribution in [3.63, 3.8) is 0 Å². The molecular formula is C33H34ClFN2O4S. The Kier molecular flexibility index (Phi) is 10.4. The number of carbonyl (C=O) groups is 1. The van der Waals surface area contributed by atoms with E-state index in [1.165, 1.54) is 11.1 Å². The molecule has 0 saturated carbocycles. The van der Waals surface area contributed by atoms with Crippen LogP contribution in [0.3, 0.4) is 0 Å². The van der Waals surface area contributed by atoms with Crippen LogP contribution < -0.4 is 10.5 Å². The molecule has 0 saturated heterocycles. The van der Waals surface area contributed by atoms with Crippen molar-refractivity contribution in [2.75, 3.05) is 26.0 Å². The molecule has 4 rings (SSSR count). The number of hydrogen-bond donors (Lipinski definition) is 1. The number of halogens is 2. The van der Waals surface area contributed by atoms with Crippen molar-refractivity contribution in [1.82, 2.24) is 4.90 Å². The first kappa shape index (κ1) is 31.2. The Morgan fingerprint density at radius 3 is 2.17 bits per heavy atom. The van der Waals surface area contributed by atoms with Crippen LogP contribution in [0, 0.1) is 12.7 Å². The van der Waals surface area contributed by atoms with Crippen LogP contribution in [0.4, 0.5) is 4.39 Å². The highest BCUT2D eigenvalue weighted by Gasteiger charge is 2.24. The lowest BCUT2D eigenvalue weighted by molar-refractivity contribution is 0.0993. The second-order valence-electron chi connectivity index (χ2n) is 10.3. The molecule has 2 N–H and O–H groups in total. The zero-order chi connectivity index (χ0) is 30.3. The number of rotatable bonds is 13. The molecule has 6 nitrogen and oxygen atoms in total. The Morgan fingerprint density at radius 1 is 0.976 bits per heavy atom. The second-order valence-corrected chi connectivity index (χ2v) is 12.6. The van der Waals surface area contributed by atoms with E-state index < -0.39 is 32.0 Å². The zero-order valence-electron chi connectivity index (χ0n) is 23.6. The maximum atomic E-state index is 14.6. The van der Waals surface area contributed by atoms with Crippen molar-refractivity contribution in [3.05, 3.63) is 130 Å². The van der Waals surface area contributed by atoms with Gasteiger partial charge in [0.25, 0.3) is 5.91 Å². The van der Waals surface area contributed by atoms with Gasteiger partial charge < -0.3 is 10.5 Å². The summed E-state index contributed by atoms with van der Waals surface area (Å²) in [5, 5.41) is 0.730. The third-order valence-corrected chi connectivity index (χ3v) is 8.73. The molecule has 0 atom stereocenters. The highest BCUT2D eigenvalue weighted by Crippen LogP contribution is 2.29. The summed E-state index contributed by atoms with van der Waals surface area (Å²) in [4.78, 5) is 13.5. The van der Waals surface area contributed by atoms with E-state index in [1.807, 2.05) is 61.5 Å². The maximum absolute atomic E-state index is 14.6. The van der Waals surface area contributed by atoms with E-state index in [1.54, 1.807) is 0 Å². The Bertz CT molecular complexity index is 1590. The van der Waals surface area contributed by atoms with E-state index in [4.69, 9.17) is 22.1 Å². The minimum Gasteiger partial charge on any atom is -0.493 e. The normalized spacial score (nSPS) is 11.7. The highest BCUT2D eigenvalue weighted by atomic mass is 35.5. The first-order valence-electron chi connectivity index (χ1n) is 13.6. The van der Waals surface area contributed by atoms with E-state index in [0.717, 1.165) is 34.5 Å². The topological polar surface area (TPSA) is 89.7 Å². The molecule has 0 aromatic heterocycles. The summed E-state index contributed by atoms with van der Waals surface area (Å²) in [6.07, 6.45) is 1.45. The lowest BCUT2D eigenvalue weighted by Crippen LogP contribution is -2.31. The van der Waals surface area contributed by atoms with E-state index >= 15 is 0 Å². The number of hydrogen-bond acceptors (Lipinski definition) is 5. The average Bonchev–Trinajstić information content (AvgIpc) is 2.96. The van der Waals surface area contributed by atoms with Crippen LogP contribution >= 0.6 is 11.6 Å². The van der Waals surface area contributed by atoms with Crippen LogP contribution in [-0.4, -0.2) is 45.2 Å². The monoisotopic (exact) mass is 608 g/mol. The van der Waals surface area contributed by atoms with Crippen LogP contribution in [-0.2, 0) is 16.4 Å². The number of sulfone groups is 1. The third-order valence-electron chi connectivity index (χ3n) is 7.07. The predicted molar refractivity (Wildman–Crippen MR) is 164 cm³/mol. The summed E-state index contributed by atoms with van der Waals surface area (Å²) in [5.41, 5.74) is 8.96. The molecule has 0 heterocycles. The molecule has 0 radical (unpaired) electrons. The number of carbonyl (C=O) groups excluding carboxylic acids is 1. The summed E-state index contributed by atoms with van der Waals surface area (Å²) < 4.78 is 44.8. The average molecular weight is 609 g/mol. The smallest absolute Gasteiger partial charge is 0.253 e. The van der Waals surface area contributed by atoms with Crippen molar-refractivity contribution in [3.8, 4) is 5.75 Å². The molecule has 0 spiro atoms. The van der Waals surface area contributed by atoms with Crippen LogP contribution in [0.15, 0.2) is 95.9 Å². The van der Waals surface area contributed by atoms with E-state index in [0.29, 0.717) is 26.1 Å². The van der Waals surface area contributed by atoms with Crippen LogP contribution in [0.2, 0.25) is 5.02 Å². The molecule has 0 fully saturated rings. The van der Waals surface area contributed by atoms with Crippen molar-refractivity contribution >= 4 is 27.3 Å². The fourth-order valence-electron chi connectivity index (χ4n) is 4.99. The largest absolute Gasteiger partial charge is 0.493 e. The van der Waals surface area contributed by atoms with E-state index in [2.05, 4.69) is 29.2 Å². The van der Waals surface area contributed by atoms with Gasteiger partial charge in [-0.05, 0) is 41.7 Å². The summed E-state index contributed by atoms with van der Waals surface area (Å²) in [6, 6.07) is 28.8. The van der Waals surface area contributed by atoms with Crippen molar-refractivity contribution in [1.29, 1.82) is 0 Å². The van der Waals surface area contributed by atoms with Gasteiger partial charge in [0.15, 0.2) is 9.84 Å². The lowest BCUT2D eigenvalue weighted by atomic mass is 9.90. The van der Waals surface area contributed by atoms with Gasteiger partial charge in [0.1, 0.15) is 11.6 Å². The van der Waals surface area contributed by atoms with Crippen LogP contribution in [0.1, 0.15) is 45.0 Å². The highest BCUT2D eigenvalue weighted by molar-refractivity contribution is 7.90. The van der Waals surface area contributed by atoms with Gasteiger partial charge in [-0.3, -0.25) is 9.69 Å². The third kappa shape index (κ3) is 7.97. The summed E-state index contributed by atoms with van der Waals surface area (Å²) in [6.45, 7) is 4.11. The SMILES string of the molecule is Cc1cccc(CN(CCCOc2cc(F)c(C(N)=O)c(S(C)(=O)=O)c2)CC(c2ccccc2)c2ccccc2)c1Cl. The van der Waals surface area contributed by atoms with Crippen molar-refractivity contribution < 1.29 is 22.3 Å². The number of nitrogens with two attached hydrogens (primary N) is 1. The van der Waals surface area contributed by atoms with Gasteiger partial charge in [0, 0.05) is 42.9 Å². The zero-order valence-corrected chi connectivity index (χ0v) is 25.2. The van der Waals surface area contributed by atoms with Gasteiger partial charge in [0.2, 0.25) is 0 Å². The molecule has 0 aliphatic carbocycles. The molecule has 4 aromatic carbocycles. The molecule has 220 valence electrons. The minimum absolute atomic E-state index is 0.0117. The molecule has 42 heavy (non-hydrogen) atoms. The second kappa shape index (κ2) is 14.0. The number of primary amides is 1. The molecule has 0 unspecified atom stereocenters. The van der Waals surface area contributed by atoms with Gasteiger partial charge in [-0.15, -0.1) is 0 Å². The van der Waals surface area contributed by atoms with Crippen LogP contribution in [0.25, 0.3) is 0 Å². The lowest BCUT2D eigenvalue weighted by Gasteiger charge is -2.29. The number of amides is 1. The Balaban J connectivity index is 1.55. The standard InChI is InChI=1S/C33H34ClFN2O4S/c1-23-11-9-16-26(32(23)34)21-37(22-28(24-12-5-3-6-13-24)25-14-7-4-8-15-25)17-10-18-41-27-19-29(35)31(33(36)38)30(20-27)42(2,39)40/h3-9,11-16,19-20,28H,10,17-18,21-22H2,1-2H3,(H2,36,38).